The first-order valence-electron chi connectivity index (χ1n) is 6.87. The Kier molecular flexibility index (Phi) is 4.88. The van der Waals surface area contributed by atoms with Crippen molar-refractivity contribution in [3.8, 4) is 5.75 Å². The molecular weight excluding hydrogens is 282 g/mol. The summed E-state index contributed by atoms with van der Waals surface area (Å²) in [5, 5.41) is 0.681. The molecule has 0 unspecified atom stereocenters. The molecule has 114 valence electrons. The molecule has 0 spiro atoms. The van der Waals surface area contributed by atoms with Crippen LogP contribution < -0.4 is 4.74 Å². The second-order valence-corrected chi connectivity index (χ2v) is 4.90. The van der Waals surface area contributed by atoms with Crippen LogP contribution in [0.2, 0.25) is 0 Å². The lowest BCUT2D eigenvalue weighted by molar-refractivity contribution is -0.134. The predicted molar refractivity (Wildman–Crippen MR) is 83.0 cm³/mol. The Morgan fingerprint density at radius 3 is 2.64 bits per heavy atom. The minimum Gasteiger partial charge on any atom is -0.489 e. The molecule has 1 heterocycles. The van der Waals surface area contributed by atoms with Crippen molar-refractivity contribution < 1.29 is 19.1 Å². The molecule has 22 heavy (non-hydrogen) atoms. The van der Waals surface area contributed by atoms with Crippen LogP contribution in [0.15, 0.2) is 42.6 Å². The van der Waals surface area contributed by atoms with E-state index in [2.05, 4.69) is 9.72 Å². The Hall–Kier alpha value is -2.69. The Balaban J connectivity index is 2.46. The Labute approximate surface area is 128 Å². The topological polar surface area (TPSA) is 65.5 Å². The number of methoxy groups -OCH3 is 1. The minimum absolute atomic E-state index is 0.00554. The first-order chi connectivity index (χ1) is 10.5. The van der Waals surface area contributed by atoms with Crippen LogP contribution in [0.4, 0.5) is 0 Å². The Morgan fingerprint density at radius 1 is 1.18 bits per heavy atom. The van der Waals surface area contributed by atoms with Gasteiger partial charge in [0.05, 0.1) is 13.2 Å². The third-order valence-electron chi connectivity index (χ3n) is 2.93. The molecule has 5 nitrogen and oxygen atoms in total. The summed E-state index contributed by atoms with van der Waals surface area (Å²) in [6.45, 7) is 3.85. The van der Waals surface area contributed by atoms with Crippen molar-refractivity contribution in [2.75, 3.05) is 7.11 Å². The molecule has 2 aromatic rings. The molecule has 1 aromatic carbocycles. The lowest BCUT2D eigenvalue weighted by Gasteiger charge is -2.13. The number of rotatable bonds is 5. The molecule has 2 rings (SSSR count). The van der Waals surface area contributed by atoms with Crippen molar-refractivity contribution >= 4 is 22.7 Å². The van der Waals surface area contributed by atoms with Crippen LogP contribution in [-0.4, -0.2) is 30.0 Å². The molecule has 0 aliphatic heterocycles. The van der Waals surface area contributed by atoms with E-state index in [4.69, 9.17) is 4.74 Å². The van der Waals surface area contributed by atoms with E-state index in [0.717, 1.165) is 6.08 Å². The number of fused-ring (bicyclic) bond motifs is 1. The maximum absolute atomic E-state index is 12.2. The van der Waals surface area contributed by atoms with Gasteiger partial charge < -0.3 is 9.47 Å². The van der Waals surface area contributed by atoms with E-state index >= 15 is 0 Å². The summed E-state index contributed by atoms with van der Waals surface area (Å²) in [5.74, 6) is -0.242. The first-order valence-corrected chi connectivity index (χ1v) is 6.87. The van der Waals surface area contributed by atoms with Gasteiger partial charge in [-0.1, -0.05) is 6.07 Å². The molecule has 1 aromatic heterocycles. The van der Waals surface area contributed by atoms with Gasteiger partial charge in [-0.3, -0.25) is 9.78 Å². The number of benzene rings is 1. The molecule has 0 fully saturated rings. The van der Waals surface area contributed by atoms with E-state index in [0.29, 0.717) is 22.2 Å². The van der Waals surface area contributed by atoms with E-state index in [-0.39, 0.29) is 11.9 Å². The zero-order chi connectivity index (χ0) is 16.1. The number of ether oxygens (including phenoxy) is 2. The zero-order valence-electron chi connectivity index (χ0n) is 12.7. The lowest BCUT2D eigenvalue weighted by atomic mass is 10.0. The fraction of sp³-hybridized carbons (Fsp3) is 0.235. The van der Waals surface area contributed by atoms with Crippen molar-refractivity contribution in [1.82, 2.24) is 4.98 Å². The highest BCUT2D eigenvalue weighted by Gasteiger charge is 2.13. The quantitative estimate of drug-likeness (QED) is 0.482. The van der Waals surface area contributed by atoms with Gasteiger partial charge in [-0.2, -0.15) is 0 Å². The van der Waals surface area contributed by atoms with Gasteiger partial charge in [0, 0.05) is 23.2 Å². The minimum atomic E-state index is -0.574. The second kappa shape index (κ2) is 6.85. The normalized spacial score (nSPS) is 11.1. The molecule has 0 bridgehead atoms. The molecule has 0 saturated heterocycles. The summed E-state index contributed by atoms with van der Waals surface area (Å²) >= 11 is 0. The summed E-state index contributed by atoms with van der Waals surface area (Å²) < 4.78 is 10.2. The highest BCUT2D eigenvalue weighted by Crippen LogP contribution is 2.28. The molecule has 0 N–H and O–H groups in total. The van der Waals surface area contributed by atoms with Gasteiger partial charge in [-0.25, -0.2) is 4.79 Å². The third-order valence-corrected chi connectivity index (χ3v) is 2.93. The largest absolute Gasteiger partial charge is 0.489 e. The maximum Gasteiger partial charge on any atom is 0.330 e. The molecule has 0 radical (unpaired) electrons. The standard InChI is InChI=1S/C17H17NO4/c1-11(2)22-15-8-6-12(13-5-4-10-18-17(13)15)14(19)7-9-16(20)21-3/h4-11H,1-3H3/b9-7+. The van der Waals surface area contributed by atoms with Crippen molar-refractivity contribution in [3.05, 3.63) is 48.2 Å². The number of aromatic nitrogens is 1. The van der Waals surface area contributed by atoms with Crippen LogP contribution in [0, 0.1) is 0 Å². The number of carbonyl (C=O) groups is 2. The molecule has 5 heteroatoms. The highest BCUT2D eigenvalue weighted by atomic mass is 16.5. The highest BCUT2D eigenvalue weighted by molar-refractivity contribution is 6.14. The summed E-state index contributed by atoms with van der Waals surface area (Å²) in [6, 6.07) is 6.94. The van der Waals surface area contributed by atoms with Gasteiger partial charge in [-0.15, -0.1) is 0 Å². The maximum atomic E-state index is 12.2. The van der Waals surface area contributed by atoms with Crippen molar-refractivity contribution in [3.63, 3.8) is 0 Å². The summed E-state index contributed by atoms with van der Waals surface area (Å²) in [4.78, 5) is 27.6. The lowest BCUT2D eigenvalue weighted by Crippen LogP contribution is -2.07. The van der Waals surface area contributed by atoms with E-state index < -0.39 is 5.97 Å². The fourth-order valence-electron chi connectivity index (χ4n) is 2.01. The van der Waals surface area contributed by atoms with Crippen LogP contribution in [0.1, 0.15) is 24.2 Å². The number of hydrogen-bond donors (Lipinski definition) is 0. The number of hydrogen-bond acceptors (Lipinski definition) is 5. The average Bonchev–Trinajstić information content (AvgIpc) is 2.52. The van der Waals surface area contributed by atoms with Gasteiger partial charge in [0.15, 0.2) is 5.78 Å². The van der Waals surface area contributed by atoms with Crippen molar-refractivity contribution in [1.29, 1.82) is 0 Å². The van der Waals surface area contributed by atoms with Crippen LogP contribution >= 0.6 is 0 Å². The van der Waals surface area contributed by atoms with Gasteiger partial charge in [0.25, 0.3) is 0 Å². The number of pyridine rings is 1. The van der Waals surface area contributed by atoms with Crippen LogP contribution in [-0.2, 0) is 9.53 Å². The van der Waals surface area contributed by atoms with E-state index in [1.807, 2.05) is 13.8 Å². The van der Waals surface area contributed by atoms with Gasteiger partial charge in [-0.05, 0) is 38.1 Å². The van der Waals surface area contributed by atoms with Crippen molar-refractivity contribution in [2.45, 2.75) is 20.0 Å². The Bertz CT molecular complexity index is 735. The second-order valence-electron chi connectivity index (χ2n) is 4.90. The van der Waals surface area contributed by atoms with E-state index in [1.54, 1.807) is 30.5 Å². The molecule has 0 atom stereocenters. The number of nitrogens with zero attached hydrogens (tertiary/aromatic N) is 1. The first kappa shape index (κ1) is 15.7. The van der Waals surface area contributed by atoms with Gasteiger partial charge in [0.2, 0.25) is 0 Å². The fourth-order valence-corrected chi connectivity index (χ4v) is 2.01. The van der Waals surface area contributed by atoms with Gasteiger partial charge >= 0.3 is 5.97 Å². The molecule has 0 saturated carbocycles. The number of allylic oxidation sites excluding steroid dienone is 1. The monoisotopic (exact) mass is 299 g/mol. The molecular formula is C17H17NO4. The average molecular weight is 299 g/mol. The van der Waals surface area contributed by atoms with Crippen LogP contribution in [0.5, 0.6) is 5.75 Å². The third kappa shape index (κ3) is 3.49. The van der Waals surface area contributed by atoms with E-state index in [1.165, 1.54) is 13.2 Å². The van der Waals surface area contributed by atoms with Gasteiger partial charge in [0.1, 0.15) is 11.3 Å². The zero-order valence-corrected chi connectivity index (χ0v) is 12.7. The number of ketones is 1. The predicted octanol–water partition coefficient (Wildman–Crippen LogP) is 2.93. The van der Waals surface area contributed by atoms with Crippen LogP contribution in [0.3, 0.4) is 0 Å². The SMILES string of the molecule is COC(=O)/C=C/C(=O)c1ccc(OC(C)C)c2ncccc12. The molecule has 0 aliphatic carbocycles. The summed E-state index contributed by atoms with van der Waals surface area (Å²) in [6.07, 6.45) is 3.94. The number of esters is 1. The smallest absolute Gasteiger partial charge is 0.330 e. The molecule has 0 amide bonds. The van der Waals surface area contributed by atoms with Crippen LogP contribution in [0.25, 0.3) is 10.9 Å². The molecule has 0 aliphatic rings. The van der Waals surface area contributed by atoms with Crippen molar-refractivity contribution in [2.24, 2.45) is 0 Å². The summed E-state index contributed by atoms with van der Waals surface area (Å²) in [7, 11) is 1.26. The Morgan fingerprint density at radius 2 is 1.95 bits per heavy atom. The summed E-state index contributed by atoms with van der Waals surface area (Å²) in [5.41, 5.74) is 1.08. The van der Waals surface area contributed by atoms with E-state index in [9.17, 15) is 9.59 Å². The number of carbonyl (C=O) groups excluding carboxylic acids is 2.